The fraction of sp³-hybridized carbons (Fsp3) is 0.780. The number of nitrogens with zero attached hydrogens (tertiary/aromatic N) is 2. The summed E-state index contributed by atoms with van der Waals surface area (Å²) in [6.07, 6.45) is 11.7. The number of thioether (sulfide) groups is 1. The maximum atomic E-state index is 13.5. The van der Waals surface area contributed by atoms with Crippen molar-refractivity contribution >= 4 is 63.1 Å². The Morgan fingerprint density at radius 2 is 1.75 bits per heavy atom. The third-order valence-electron chi connectivity index (χ3n) is 12.8. The van der Waals surface area contributed by atoms with Crippen LogP contribution in [0.5, 0.6) is 0 Å². The van der Waals surface area contributed by atoms with E-state index in [1.165, 1.54) is 36.4 Å². The van der Waals surface area contributed by atoms with Crippen LogP contribution in [0.4, 0.5) is 0 Å². The van der Waals surface area contributed by atoms with E-state index in [0.717, 1.165) is 16.9 Å². The number of ether oxygens (including phenoxy) is 1. The minimum Gasteiger partial charge on any atom is -0.381 e. The zero-order valence-corrected chi connectivity index (χ0v) is 36.2. The van der Waals surface area contributed by atoms with Crippen molar-refractivity contribution in [3.63, 3.8) is 0 Å². The molecule has 0 bridgehead atoms. The summed E-state index contributed by atoms with van der Waals surface area (Å²) in [6, 6.07) is -1.46. The normalized spacial score (nSPS) is 29.4. The second kappa shape index (κ2) is 21.5. The molecule has 332 valence electrons. The van der Waals surface area contributed by atoms with E-state index in [1.54, 1.807) is 11.8 Å². The third kappa shape index (κ3) is 12.3. The van der Waals surface area contributed by atoms with Crippen molar-refractivity contribution in [3.8, 4) is 11.8 Å². The van der Waals surface area contributed by atoms with Crippen molar-refractivity contribution in [2.45, 2.75) is 126 Å². The molecule has 0 aromatic heterocycles. The molecule has 4 heterocycles. The van der Waals surface area contributed by atoms with Gasteiger partial charge in [-0.15, -0.1) is 17.7 Å². The molecule has 6 rings (SSSR count). The molecule has 7 amide bonds. The smallest absolute Gasteiger partial charge is 0.249 e. The van der Waals surface area contributed by atoms with Crippen LogP contribution in [-0.2, 0) is 48.3 Å². The van der Waals surface area contributed by atoms with E-state index >= 15 is 0 Å². The molecule has 19 heteroatoms. The summed E-state index contributed by atoms with van der Waals surface area (Å²) in [4.78, 5) is 90.4. The summed E-state index contributed by atoms with van der Waals surface area (Å²) in [7, 11) is -3.42. The molecule has 60 heavy (non-hydrogen) atoms. The minimum atomic E-state index is -3.42. The molecule has 6 aliphatic rings. The number of piperidine rings is 1. The Bertz CT molecular complexity index is 1800. The highest BCUT2D eigenvalue weighted by molar-refractivity contribution is 8.00. The number of rotatable bonds is 17. The van der Waals surface area contributed by atoms with Gasteiger partial charge in [0.1, 0.15) is 17.6 Å². The van der Waals surface area contributed by atoms with Crippen LogP contribution < -0.4 is 26.6 Å². The fourth-order valence-corrected chi connectivity index (χ4v) is 11.5. The van der Waals surface area contributed by atoms with Crippen LogP contribution in [0.25, 0.3) is 0 Å². The fourth-order valence-electron chi connectivity index (χ4n) is 9.33. The topological polar surface area (TPSA) is 229 Å². The summed E-state index contributed by atoms with van der Waals surface area (Å²) in [6.45, 7) is 1.26. The predicted octanol–water partition coefficient (Wildman–Crippen LogP) is 0.731. The Balaban J connectivity index is 0.859. The first kappa shape index (κ1) is 45.9. The lowest BCUT2D eigenvalue weighted by Gasteiger charge is -2.28. The Kier molecular flexibility index (Phi) is 16.5. The van der Waals surface area contributed by atoms with E-state index < -0.39 is 51.7 Å². The molecule has 5 N–H and O–H groups in total. The van der Waals surface area contributed by atoms with Crippen LogP contribution in [0.3, 0.4) is 0 Å². The van der Waals surface area contributed by atoms with E-state index in [2.05, 4.69) is 38.4 Å². The van der Waals surface area contributed by atoms with E-state index in [-0.39, 0.29) is 86.3 Å². The summed E-state index contributed by atoms with van der Waals surface area (Å²) >= 11 is 1.65. The number of hydrogen-bond donors (Lipinski definition) is 5. The van der Waals surface area contributed by atoms with E-state index in [9.17, 15) is 42.0 Å². The van der Waals surface area contributed by atoms with Gasteiger partial charge in [-0.25, -0.2) is 12.7 Å². The molecule has 0 radical (unpaired) electrons. The first-order valence-electron chi connectivity index (χ1n) is 21.8. The van der Waals surface area contributed by atoms with Gasteiger partial charge in [-0.05, 0) is 70.1 Å². The molecule has 2 aliphatic carbocycles. The molecule has 17 nitrogen and oxygen atoms in total. The Morgan fingerprint density at radius 1 is 0.967 bits per heavy atom. The van der Waals surface area contributed by atoms with Crippen LogP contribution in [-0.4, -0.2) is 127 Å². The average molecular weight is 876 g/mol. The number of unbranched alkanes of at least 4 members (excludes halogenated alkanes) is 1. The average Bonchev–Trinajstić information content (AvgIpc) is 3.97. The van der Waals surface area contributed by atoms with Crippen LogP contribution >= 0.6 is 11.8 Å². The molecular weight excluding hydrogens is 815 g/mol. The molecule has 4 aliphatic heterocycles. The second-order valence-electron chi connectivity index (χ2n) is 17.1. The summed E-state index contributed by atoms with van der Waals surface area (Å²) < 4.78 is 31.1. The van der Waals surface area contributed by atoms with Crippen LogP contribution in [0.1, 0.15) is 103 Å². The van der Waals surface area contributed by atoms with Crippen LogP contribution in [0.15, 0.2) is 0 Å². The molecule has 0 spiro atoms. The number of nitrogens with one attached hydrogen (secondary N) is 5. The number of carbonyl (C=O) groups is 7. The lowest BCUT2D eigenvalue weighted by atomic mass is 9.75. The van der Waals surface area contributed by atoms with Gasteiger partial charge in [0.25, 0.3) is 0 Å². The molecular formula is C41H61N7O10S2. The first-order valence-corrected chi connectivity index (χ1v) is 24.6. The number of carbonyl (C=O) groups excluding carboxylic acids is 7. The lowest BCUT2D eigenvalue weighted by molar-refractivity contribution is -0.151. The summed E-state index contributed by atoms with van der Waals surface area (Å²) in [5, 5.41) is 14.6. The molecule has 8 atom stereocenters. The molecule has 7 unspecified atom stereocenters. The van der Waals surface area contributed by atoms with Crippen molar-refractivity contribution in [2.24, 2.45) is 29.6 Å². The van der Waals surface area contributed by atoms with Gasteiger partial charge in [0, 0.05) is 69.8 Å². The Morgan fingerprint density at radius 3 is 2.50 bits per heavy atom. The SMILES string of the molecule is CS(=O)(=O)N1CCC(C(=O)N[C@@H](CCOCCCC(=O)NCCCC#CC2CCC3C(=O)N(C4CCC(=O)NC4=O)C(=O)C3C2)C(=O)NC2NC(C3CCCCC3)CS2)C1. The Hall–Kier alpha value is -3.57. The van der Waals surface area contributed by atoms with Crippen molar-refractivity contribution in [2.75, 3.05) is 44.9 Å². The zero-order chi connectivity index (χ0) is 42.8. The number of fused-ring (bicyclic) bond motifs is 1. The highest BCUT2D eigenvalue weighted by atomic mass is 32.2. The number of likely N-dealkylation sites (tertiary alicyclic amines) is 1. The van der Waals surface area contributed by atoms with Gasteiger partial charge in [0.05, 0.1) is 24.0 Å². The maximum Gasteiger partial charge on any atom is 0.249 e. The highest BCUT2D eigenvalue weighted by Gasteiger charge is 2.53. The van der Waals surface area contributed by atoms with Gasteiger partial charge in [-0.1, -0.05) is 25.2 Å². The monoisotopic (exact) mass is 875 g/mol. The predicted molar refractivity (Wildman–Crippen MR) is 221 cm³/mol. The van der Waals surface area contributed by atoms with Gasteiger partial charge in [0.2, 0.25) is 51.4 Å². The van der Waals surface area contributed by atoms with Crippen molar-refractivity contribution < 1.29 is 46.7 Å². The van der Waals surface area contributed by atoms with Gasteiger partial charge in [0.15, 0.2) is 0 Å². The number of sulfonamides is 1. The number of amides is 7. The van der Waals surface area contributed by atoms with Gasteiger partial charge in [-0.2, -0.15) is 0 Å². The molecule has 6 fully saturated rings. The first-order chi connectivity index (χ1) is 28.8. The van der Waals surface area contributed by atoms with Crippen LogP contribution in [0, 0.1) is 41.4 Å². The van der Waals surface area contributed by atoms with Crippen LogP contribution in [0.2, 0.25) is 0 Å². The second-order valence-corrected chi connectivity index (χ2v) is 20.2. The largest absolute Gasteiger partial charge is 0.381 e. The van der Waals surface area contributed by atoms with Crippen molar-refractivity contribution in [3.05, 3.63) is 0 Å². The van der Waals surface area contributed by atoms with Gasteiger partial charge >= 0.3 is 0 Å². The van der Waals surface area contributed by atoms with Crippen molar-refractivity contribution in [1.82, 2.24) is 35.8 Å². The van der Waals surface area contributed by atoms with E-state index in [1.807, 2.05) is 0 Å². The summed E-state index contributed by atoms with van der Waals surface area (Å²) in [5.74, 6) is 3.89. The Labute approximate surface area is 357 Å². The maximum absolute atomic E-state index is 13.5. The molecule has 0 aromatic carbocycles. The molecule has 4 saturated heterocycles. The summed E-state index contributed by atoms with van der Waals surface area (Å²) in [5.41, 5.74) is -0.263. The zero-order valence-electron chi connectivity index (χ0n) is 34.5. The number of imide groups is 2. The lowest BCUT2D eigenvalue weighted by Crippen LogP contribution is -2.54. The van der Waals surface area contributed by atoms with E-state index in [4.69, 9.17) is 4.74 Å². The highest BCUT2D eigenvalue weighted by Crippen LogP contribution is 2.42. The molecule has 0 aromatic rings. The van der Waals surface area contributed by atoms with Gasteiger partial charge < -0.3 is 20.7 Å². The van der Waals surface area contributed by atoms with Gasteiger partial charge in [-0.3, -0.25) is 49.1 Å². The number of hydrogen-bond acceptors (Lipinski definition) is 12. The van der Waals surface area contributed by atoms with Crippen molar-refractivity contribution in [1.29, 1.82) is 0 Å². The minimum absolute atomic E-state index is 0.0394. The standard InChI is InChI=1S/C41H61N7O10S2/c1-60(56,57)47-20-17-28(24-47)36(51)43-31(37(52)46-41-44-32(25-59-41)27-10-5-2-6-11-27)18-22-58-21-8-12-34(49)42-19-7-3-4-9-26-13-14-29-30(23-26)40(55)48(39(29)54)33-15-16-35(50)45-38(33)53/h26-33,41,44H,2-3,5-8,10-25H2,1H3,(H,42,49)(H,43,51)(H,46,52)(H,45,50,53)/t26?,28?,29?,30?,31-,32?,33?,41?/m0/s1. The quantitative estimate of drug-likeness (QED) is 0.0775. The van der Waals surface area contributed by atoms with E-state index in [0.29, 0.717) is 70.1 Å². The molecule has 2 saturated carbocycles. The third-order valence-corrected chi connectivity index (χ3v) is 15.2.